The van der Waals surface area contributed by atoms with Crippen LogP contribution >= 0.6 is 23.2 Å². The summed E-state index contributed by atoms with van der Waals surface area (Å²) in [5.74, 6) is -0.979. The van der Waals surface area contributed by atoms with Crippen LogP contribution in [0.4, 0.5) is 0 Å². The van der Waals surface area contributed by atoms with Crippen LogP contribution in [-0.4, -0.2) is 17.7 Å². The second-order valence-corrected chi connectivity index (χ2v) is 4.87. The number of benzene rings is 1. The van der Waals surface area contributed by atoms with Crippen LogP contribution in [0.15, 0.2) is 23.4 Å². The average Bonchev–Trinajstić information content (AvgIpc) is 2.60. The van der Waals surface area contributed by atoms with E-state index in [0.29, 0.717) is 10.0 Å². The van der Waals surface area contributed by atoms with E-state index in [4.69, 9.17) is 33.8 Å². The van der Waals surface area contributed by atoms with Crippen molar-refractivity contribution in [2.75, 3.05) is 0 Å². The van der Waals surface area contributed by atoms with E-state index >= 15 is 0 Å². The number of halogens is 2. The molecule has 1 aromatic rings. The first-order chi connectivity index (χ1) is 7.93. The number of nitrogens with zero attached hydrogens (tertiary/aromatic N) is 1. The van der Waals surface area contributed by atoms with Crippen molar-refractivity contribution in [3.05, 3.63) is 33.8 Å². The Morgan fingerprint density at radius 3 is 2.53 bits per heavy atom. The van der Waals surface area contributed by atoms with Crippen LogP contribution in [0.5, 0.6) is 0 Å². The molecule has 2 unspecified atom stereocenters. The first-order valence-electron chi connectivity index (χ1n) is 4.91. The maximum atomic E-state index is 11.4. The monoisotopic (exact) mass is 272 g/mol. The van der Waals surface area contributed by atoms with Crippen molar-refractivity contribution >= 4 is 35.3 Å². The highest BCUT2D eigenvalue weighted by Crippen LogP contribution is 2.36. The van der Waals surface area contributed by atoms with Crippen LogP contribution in [0.25, 0.3) is 0 Å². The molecule has 0 saturated carbocycles. The molecule has 17 heavy (non-hydrogen) atoms. The minimum Gasteiger partial charge on any atom is -0.379 e. The Balaban J connectivity index is 2.45. The first-order valence-corrected chi connectivity index (χ1v) is 5.66. The van der Waals surface area contributed by atoms with Crippen molar-refractivity contribution in [2.24, 2.45) is 10.9 Å². The Hall–Kier alpha value is -1.26. The van der Waals surface area contributed by atoms with Gasteiger partial charge in [-0.2, -0.15) is 0 Å². The van der Waals surface area contributed by atoms with Gasteiger partial charge in [0.05, 0.1) is 12.1 Å². The molecule has 0 aliphatic carbocycles. The molecule has 1 aromatic carbocycles. The van der Waals surface area contributed by atoms with Crippen LogP contribution < -0.4 is 5.73 Å². The van der Waals surface area contributed by atoms with Crippen molar-refractivity contribution in [3.63, 3.8) is 0 Å². The van der Waals surface area contributed by atoms with E-state index in [1.807, 2.05) is 0 Å². The van der Waals surface area contributed by atoms with Crippen LogP contribution in [0, 0.1) is 0 Å². The number of amides is 1. The van der Waals surface area contributed by atoms with Gasteiger partial charge in [0, 0.05) is 10.0 Å². The van der Waals surface area contributed by atoms with Crippen molar-refractivity contribution < 1.29 is 9.63 Å². The Bertz CT molecular complexity index is 484. The van der Waals surface area contributed by atoms with E-state index in [9.17, 15) is 4.79 Å². The lowest BCUT2D eigenvalue weighted by Crippen LogP contribution is -2.45. The van der Waals surface area contributed by atoms with Crippen molar-refractivity contribution in [2.45, 2.75) is 18.4 Å². The molecule has 0 spiro atoms. The molecule has 1 aliphatic rings. The summed E-state index contributed by atoms with van der Waals surface area (Å²) in [7, 11) is 0. The summed E-state index contributed by atoms with van der Waals surface area (Å²) in [5, 5.41) is 4.63. The van der Waals surface area contributed by atoms with Gasteiger partial charge in [0.25, 0.3) is 5.91 Å². The summed E-state index contributed by atoms with van der Waals surface area (Å²) in [4.78, 5) is 16.5. The minimum atomic E-state index is -1.20. The summed E-state index contributed by atoms with van der Waals surface area (Å²) in [5.41, 5.74) is 4.87. The number of carbonyl (C=O) groups excluding carboxylic acids is 1. The molecule has 2 N–H and O–H groups in total. The molecule has 1 amide bonds. The Labute approximate surface area is 108 Å². The molecule has 4 nitrogen and oxygen atoms in total. The molecule has 0 radical (unpaired) electrons. The molecule has 6 heteroatoms. The molecule has 90 valence electrons. The van der Waals surface area contributed by atoms with E-state index in [1.54, 1.807) is 25.1 Å². The quantitative estimate of drug-likeness (QED) is 0.898. The fourth-order valence-electron chi connectivity index (χ4n) is 1.76. The van der Waals surface area contributed by atoms with Gasteiger partial charge in [-0.25, -0.2) is 0 Å². The maximum Gasteiger partial charge on any atom is 0.265 e. The van der Waals surface area contributed by atoms with Gasteiger partial charge in [-0.1, -0.05) is 28.4 Å². The normalized spacial score (nSPS) is 26.9. The lowest BCUT2D eigenvalue weighted by molar-refractivity contribution is -0.139. The molecule has 0 bridgehead atoms. The average molecular weight is 273 g/mol. The second kappa shape index (κ2) is 4.20. The fourth-order valence-corrected chi connectivity index (χ4v) is 2.30. The predicted octanol–water partition coefficient (Wildman–Crippen LogP) is 2.34. The second-order valence-electron chi connectivity index (χ2n) is 4.00. The van der Waals surface area contributed by atoms with Crippen molar-refractivity contribution in [1.29, 1.82) is 0 Å². The third-order valence-electron chi connectivity index (χ3n) is 2.78. The SMILES string of the molecule is CC1(C(N)=O)ON=CC1c1cc(Cl)cc(Cl)c1. The zero-order chi connectivity index (χ0) is 12.6. The van der Waals surface area contributed by atoms with Crippen LogP contribution in [-0.2, 0) is 9.63 Å². The number of nitrogens with two attached hydrogens (primary N) is 1. The lowest BCUT2D eigenvalue weighted by atomic mass is 9.84. The van der Waals surface area contributed by atoms with Gasteiger partial charge in [-0.3, -0.25) is 4.79 Å². The van der Waals surface area contributed by atoms with E-state index in [0.717, 1.165) is 5.56 Å². The van der Waals surface area contributed by atoms with Crippen LogP contribution in [0.2, 0.25) is 10.0 Å². The van der Waals surface area contributed by atoms with E-state index < -0.39 is 17.4 Å². The Morgan fingerprint density at radius 1 is 1.41 bits per heavy atom. The summed E-state index contributed by atoms with van der Waals surface area (Å²) >= 11 is 11.8. The largest absolute Gasteiger partial charge is 0.379 e. The van der Waals surface area contributed by atoms with Gasteiger partial charge < -0.3 is 10.6 Å². The molecule has 1 aliphatic heterocycles. The maximum absolute atomic E-state index is 11.4. The lowest BCUT2D eigenvalue weighted by Gasteiger charge is -2.24. The number of primary amides is 1. The molecule has 2 atom stereocenters. The van der Waals surface area contributed by atoms with Gasteiger partial charge in [-0.05, 0) is 30.7 Å². The number of oxime groups is 1. The Morgan fingerprint density at radius 2 is 2.00 bits per heavy atom. The minimum absolute atomic E-state index is 0.392. The third kappa shape index (κ3) is 2.10. The molecular formula is C11H10Cl2N2O2. The highest BCUT2D eigenvalue weighted by Gasteiger charge is 2.46. The van der Waals surface area contributed by atoms with Crippen molar-refractivity contribution in [1.82, 2.24) is 0 Å². The summed E-state index contributed by atoms with van der Waals surface area (Å²) in [6.07, 6.45) is 1.52. The van der Waals surface area contributed by atoms with Gasteiger partial charge >= 0.3 is 0 Å². The van der Waals surface area contributed by atoms with E-state index in [2.05, 4.69) is 5.16 Å². The standard InChI is InChI=1S/C11H10Cl2N2O2/c1-11(10(14)16)9(5-15-17-11)6-2-7(12)4-8(13)3-6/h2-5,9H,1H3,(H2,14,16). The molecule has 0 saturated heterocycles. The fraction of sp³-hybridized carbons (Fsp3) is 0.273. The third-order valence-corrected chi connectivity index (χ3v) is 3.22. The van der Waals surface area contributed by atoms with E-state index in [-0.39, 0.29) is 0 Å². The molecule has 2 rings (SSSR count). The highest BCUT2D eigenvalue weighted by atomic mass is 35.5. The number of hydrogen-bond acceptors (Lipinski definition) is 3. The van der Waals surface area contributed by atoms with Crippen LogP contribution in [0.3, 0.4) is 0 Å². The number of rotatable bonds is 2. The topological polar surface area (TPSA) is 64.7 Å². The van der Waals surface area contributed by atoms with Crippen LogP contribution in [0.1, 0.15) is 18.4 Å². The molecule has 1 heterocycles. The molecular weight excluding hydrogens is 263 g/mol. The zero-order valence-electron chi connectivity index (χ0n) is 8.98. The summed E-state index contributed by atoms with van der Waals surface area (Å²) < 4.78 is 0. The highest BCUT2D eigenvalue weighted by molar-refractivity contribution is 6.34. The smallest absolute Gasteiger partial charge is 0.265 e. The van der Waals surface area contributed by atoms with Gasteiger partial charge in [0.1, 0.15) is 0 Å². The molecule has 0 fully saturated rings. The predicted molar refractivity (Wildman–Crippen MR) is 66.4 cm³/mol. The zero-order valence-corrected chi connectivity index (χ0v) is 10.5. The van der Waals surface area contributed by atoms with Gasteiger partial charge in [-0.15, -0.1) is 0 Å². The number of hydrogen-bond donors (Lipinski definition) is 1. The Kier molecular flexibility index (Phi) is 3.02. The van der Waals surface area contributed by atoms with Crippen molar-refractivity contribution in [3.8, 4) is 0 Å². The summed E-state index contributed by atoms with van der Waals surface area (Å²) in [6.45, 7) is 1.59. The summed E-state index contributed by atoms with van der Waals surface area (Å²) in [6, 6.07) is 5.03. The first kappa shape index (κ1) is 12.2. The van der Waals surface area contributed by atoms with Gasteiger partial charge in [0.15, 0.2) is 0 Å². The molecule has 0 aromatic heterocycles. The number of carbonyl (C=O) groups is 1. The van der Waals surface area contributed by atoms with E-state index in [1.165, 1.54) is 6.21 Å². The van der Waals surface area contributed by atoms with Gasteiger partial charge in [0.2, 0.25) is 5.60 Å².